The van der Waals surface area contributed by atoms with Crippen LogP contribution in [0.2, 0.25) is 0 Å². The van der Waals surface area contributed by atoms with E-state index in [0.29, 0.717) is 6.54 Å². The Morgan fingerprint density at radius 2 is 2.00 bits per heavy atom. The quantitative estimate of drug-likeness (QED) is 0.861. The number of nitrogens with one attached hydrogen (secondary N) is 1. The summed E-state index contributed by atoms with van der Waals surface area (Å²) in [6.07, 6.45) is 2.01. The molecule has 0 aliphatic carbocycles. The third kappa shape index (κ3) is 4.48. The molecule has 5 heteroatoms. The SMILES string of the molecule is CC[C@@H](C)NC(=O)CN1CCN(Cc2ccc3c(c2)CCO3)CC1. The zero-order valence-corrected chi connectivity index (χ0v) is 14.9. The lowest BCUT2D eigenvalue weighted by atomic mass is 10.1. The van der Waals surface area contributed by atoms with E-state index in [0.717, 1.165) is 57.9 Å². The van der Waals surface area contributed by atoms with Crippen molar-refractivity contribution in [1.82, 2.24) is 15.1 Å². The predicted octanol–water partition coefficient (Wildman–Crippen LogP) is 1.65. The minimum absolute atomic E-state index is 0.149. The second-order valence-corrected chi connectivity index (χ2v) is 6.97. The highest BCUT2D eigenvalue weighted by molar-refractivity contribution is 5.78. The van der Waals surface area contributed by atoms with Gasteiger partial charge in [-0.1, -0.05) is 19.1 Å². The summed E-state index contributed by atoms with van der Waals surface area (Å²) in [7, 11) is 0. The Labute approximate surface area is 145 Å². The number of hydrogen-bond donors (Lipinski definition) is 1. The Morgan fingerprint density at radius 1 is 1.25 bits per heavy atom. The van der Waals surface area contributed by atoms with Crippen molar-refractivity contribution in [3.63, 3.8) is 0 Å². The second-order valence-electron chi connectivity index (χ2n) is 6.97. The third-order valence-corrected chi connectivity index (χ3v) is 5.01. The number of rotatable bonds is 6. The molecular formula is C19H29N3O2. The van der Waals surface area contributed by atoms with Gasteiger partial charge in [-0.25, -0.2) is 0 Å². The van der Waals surface area contributed by atoms with Gasteiger partial charge >= 0.3 is 0 Å². The molecule has 1 amide bonds. The molecule has 2 aliphatic rings. The number of nitrogens with zero attached hydrogens (tertiary/aromatic N) is 2. The zero-order chi connectivity index (χ0) is 16.9. The highest BCUT2D eigenvalue weighted by Gasteiger charge is 2.20. The molecule has 2 aliphatic heterocycles. The summed E-state index contributed by atoms with van der Waals surface area (Å²) in [6, 6.07) is 6.83. The predicted molar refractivity (Wildman–Crippen MR) is 95.3 cm³/mol. The maximum Gasteiger partial charge on any atom is 0.234 e. The van der Waals surface area contributed by atoms with Gasteiger partial charge in [-0.15, -0.1) is 0 Å². The number of benzene rings is 1. The summed E-state index contributed by atoms with van der Waals surface area (Å²) in [5.74, 6) is 1.20. The van der Waals surface area contributed by atoms with Crippen molar-refractivity contribution in [2.24, 2.45) is 0 Å². The van der Waals surface area contributed by atoms with Crippen LogP contribution in [0.15, 0.2) is 18.2 Å². The van der Waals surface area contributed by atoms with E-state index in [1.54, 1.807) is 0 Å². The van der Waals surface area contributed by atoms with E-state index in [1.165, 1.54) is 11.1 Å². The van der Waals surface area contributed by atoms with Gasteiger partial charge in [0.15, 0.2) is 0 Å². The van der Waals surface area contributed by atoms with Gasteiger partial charge in [0, 0.05) is 45.2 Å². The van der Waals surface area contributed by atoms with E-state index >= 15 is 0 Å². The first-order valence-electron chi connectivity index (χ1n) is 9.12. The Bertz CT molecular complexity index is 568. The lowest BCUT2D eigenvalue weighted by Crippen LogP contribution is -2.49. The Hall–Kier alpha value is -1.59. The van der Waals surface area contributed by atoms with Crippen LogP contribution in [0.3, 0.4) is 0 Å². The van der Waals surface area contributed by atoms with Gasteiger partial charge < -0.3 is 10.1 Å². The molecule has 1 saturated heterocycles. The first kappa shape index (κ1) is 17.2. The highest BCUT2D eigenvalue weighted by atomic mass is 16.5. The number of ether oxygens (including phenoxy) is 1. The lowest BCUT2D eigenvalue weighted by molar-refractivity contribution is -0.123. The number of piperazine rings is 1. The number of fused-ring (bicyclic) bond motifs is 1. The molecule has 2 heterocycles. The lowest BCUT2D eigenvalue weighted by Gasteiger charge is -2.34. The highest BCUT2D eigenvalue weighted by Crippen LogP contribution is 2.26. The van der Waals surface area contributed by atoms with Gasteiger partial charge in [0.25, 0.3) is 0 Å². The molecule has 132 valence electrons. The van der Waals surface area contributed by atoms with Gasteiger partial charge in [-0.3, -0.25) is 14.6 Å². The Balaban J connectivity index is 1.43. The minimum Gasteiger partial charge on any atom is -0.493 e. The minimum atomic E-state index is 0.149. The van der Waals surface area contributed by atoms with E-state index in [2.05, 4.69) is 47.2 Å². The Kier molecular flexibility index (Phi) is 5.74. The molecular weight excluding hydrogens is 302 g/mol. The van der Waals surface area contributed by atoms with Crippen LogP contribution < -0.4 is 10.1 Å². The topological polar surface area (TPSA) is 44.8 Å². The maximum absolute atomic E-state index is 12.0. The van der Waals surface area contributed by atoms with Crippen LogP contribution in [-0.4, -0.2) is 61.1 Å². The fourth-order valence-corrected chi connectivity index (χ4v) is 3.33. The summed E-state index contributed by atoms with van der Waals surface area (Å²) >= 11 is 0. The second kappa shape index (κ2) is 7.99. The largest absolute Gasteiger partial charge is 0.493 e. The molecule has 1 aromatic rings. The van der Waals surface area contributed by atoms with Crippen molar-refractivity contribution < 1.29 is 9.53 Å². The fraction of sp³-hybridized carbons (Fsp3) is 0.632. The number of hydrogen-bond acceptors (Lipinski definition) is 4. The van der Waals surface area contributed by atoms with Crippen LogP contribution in [0.5, 0.6) is 5.75 Å². The van der Waals surface area contributed by atoms with E-state index in [-0.39, 0.29) is 11.9 Å². The monoisotopic (exact) mass is 331 g/mol. The number of carbonyl (C=O) groups is 1. The summed E-state index contributed by atoms with van der Waals surface area (Å²) in [5.41, 5.74) is 2.70. The van der Waals surface area contributed by atoms with Crippen molar-refractivity contribution in [2.75, 3.05) is 39.3 Å². The fourth-order valence-electron chi connectivity index (χ4n) is 3.33. The van der Waals surface area contributed by atoms with Crippen LogP contribution in [0, 0.1) is 0 Å². The summed E-state index contributed by atoms with van der Waals surface area (Å²) < 4.78 is 5.57. The van der Waals surface area contributed by atoms with Gasteiger partial charge in [0.05, 0.1) is 13.2 Å². The van der Waals surface area contributed by atoms with Gasteiger partial charge in [0.2, 0.25) is 5.91 Å². The standard InChI is InChI=1S/C19H29N3O2/c1-3-15(2)20-19(23)14-22-9-7-21(8-10-22)13-16-4-5-18-17(12-16)6-11-24-18/h4-5,12,15H,3,6-11,13-14H2,1-2H3,(H,20,23)/t15-/m1/s1. The molecule has 5 nitrogen and oxygen atoms in total. The molecule has 0 unspecified atom stereocenters. The van der Waals surface area contributed by atoms with Gasteiger partial charge in [0.1, 0.15) is 5.75 Å². The van der Waals surface area contributed by atoms with E-state index in [9.17, 15) is 4.79 Å². The van der Waals surface area contributed by atoms with Crippen LogP contribution in [0.1, 0.15) is 31.4 Å². The van der Waals surface area contributed by atoms with Crippen molar-refractivity contribution in [1.29, 1.82) is 0 Å². The van der Waals surface area contributed by atoms with Crippen LogP contribution >= 0.6 is 0 Å². The molecule has 0 saturated carbocycles. The average molecular weight is 331 g/mol. The van der Waals surface area contributed by atoms with E-state index in [4.69, 9.17) is 4.74 Å². The molecule has 0 radical (unpaired) electrons. The maximum atomic E-state index is 12.0. The molecule has 1 aromatic carbocycles. The average Bonchev–Trinajstić information content (AvgIpc) is 3.04. The van der Waals surface area contributed by atoms with E-state index in [1.807, 2.05) is 0 Å². The van der Waals surface area contributed by atoms with Crippen molar-refractivity contribution in [3.8, 4) is 5.75 Å². The summed E-state index contributed by atoms with van der Waals surface area (Å²) in [4.78, 5) is 16.7. The smallest absolute Gasteiger partial charge is 0.234 e. The molecule has 1 N–H and O–H groups in total. The first-order chi connectivity index (χ1) is 11.6. The normalized spacial score (nSPS) is 19.6. The number of carbonyl (C=O) groups excluding carboxylic acids is 1. The summed E-state index contributed by atoms with van der Waals surface area (Å²) in [6.45, 7) is 10.4. The molecule has 1 fully saturated rings. The van der Waals surface area contributed by atoms with Gasteiger partial charge in [-0.2, -0.15) is 0 Å². The van der Waals surface area contributed by atoms with Crippen LogP contribution in [0.25, 0.3) is 0 Å². The Morgan fingerprint density at radius 3 is 2.75 bits per heavy atom. The van der Waals surface area contributed by atoms with Gasteiger partial charge in [-0.05, 0) is 30.5 Å². The first-order valence-corrected chi connectivity index (χ1v) is 9.12. The van der Waals surface area contributed by atoms with Crippen LogP contribution in [0.4, 0.5) is 0 Å². The van der Waals surface area contributed by atoms with Crippen molar-refractivity contribution >= 4 is 5.91 Å². The molecule has 0 bridgehead atoms. The molecule has 24 heavy (non-hydrogen) atoms. The summed E-state index contributed by atoms with van der Waals surface area (Å²) in [5, 5.41) is 3.05. The third-order valence-electron chi connectivity index (χ3n) is 5.01. The van der Waals surface area contributed by atoms with Crippen molar-refractivity contribution in [2.45, 2.75) is 39.3 Å². The molecule has 3 rings (SSSR count). The van der Waals surface area contributed by atoms with Crippen LogP contribution in [-0.2, 0) is 17.8 Å². The number of amides is 1. The molecule has 0 spiro atoms. The molecule has 1 atom stereocenters. The molecule has 0 aromatic heterocycles. The zero-order valence-electron chi connectivity index (χ0n) is 14.9. The van der Waals surface area contributed by atoms with Crippen molar-refractivity contribution in [3.05, 3.63) is 29.3 Å². The van der Waals surface area contributed by atoms with E-state index < -0.39 is 0 Å².